The molecule has 1 aromatic rings. The van der Waals surface area contributed by atoms with Crippen LogP contribution < -0.4 is 10.6 Å². The summed E-state index contributed by atoms with van der Waals surface area (Å²) in [6, 6.07) is 3.77. The minimum Gasteiger partial charge on any atom is -0.328 e. The molecule has 5 heteroatoms. The Morgan fingerprint density at radius 1 is 1.44 bits per heavy atom. The standard InChI is InChI=1S/C13H18ClN3O/c1-10-11(8-17-4-2-15-3-5-17)6-12(14)7-13(10)16-9-18/h6-7,9,15H,2-5,8H2,1H3,(H,16,18). The average molecular weight is 268 g/mol. The SMILES string of the molecule is Cc1c(CN2CCNCC2)cc(Cl)cc1NC=O. The van der Waals surface area contributed by atoms with Crippen LogP contribution in [0.5, 0.6) is 0 Å². The van der Waals surface area contributed by atoms with E-state index in [0.29, 0.717) is 11.4 Å². The number of nitrogens with zero attached hydrogens (tertiary/aromatic N) is 1. The maximum atomic E-state index is 10.6. The van der Waals surface area contributed by atoms with Crippen molar-refractivity contribution in [2.45, 2.75) is 13.5 Å². The Morgan fingerprint density at radius 3 is 2.83 bits per heavy atom. The van der Waals surface area contributed by atoms with Gasteiger partial charge in [0.25, 0.3) is 0 Å². The monoisotopic (exact) mass is 267 g/mol. The third kappa shape index (κ3) is 3.22. The summed E-state index contributed by atoms with van der Waals surface area (Å²) in [6.07, 6.45) is 0.688. The molecule has 1 heterocycles. The van der Waals surface area contributed by atoms with Crippen LogP contribution in [0.2, 0.25) is 5.02 Å². The number of carbonyl (C=O) groups excluding carboxylic acids is 1. The molecule has 4 nitrogen and oxygen atoms in total. The third-order valence-corrected chi connectivity index (χ3v) is 3.52. The molecule has 2 rings (SSSR count). The zero-order valence-corrected chi connectivity index (χ0v) is 11.3. The van der Waals surface area contributed by atoms with E-state index in [2.05, 4.69) is 15.5 Å². The number of benzene rings is 1. The van der Waals surface area contributed by atoms with Gasteiger partial charge in [-0.25, -0.2) is 0 Å². The number of nitrogens with one attached hydrogen (secondary N) is 2. The van der Waals surface area contributed by atoms with E-state index in [9.17, 15) is 4.79 Å². The van der Waals surface area contributed by atoms with Crippen LogP contribution in [0.3, 0.4) is 0 Å². The lowest BCUT2D eigenvalue weighted by Gasteiger charge is -2.28. The number of rotatable bonds is 4. The Kier molecular flexibility index (Phi) is 4.58. The van der Waals surface area contributed by atoms with Crippen LogP contribution >= 0.6 is 11.6 Å². The molecular weight excluding hydrogens is 250 g/mol. The summed E-state index contributed by atoms with van der Waals surface area (Å²) in [4.78, 5) is 13.0. The minimum atomic E-state index is 0.662. The highest BCUT2D eigenvalue weighted by Gasteiger charge is 2.13. The first kappa shape index (κ1) is 13.3. The average Bonchev–Trinajstić information content (AvgIpc) is 2.36. The molecule has 1 saturated heterocycles. The van der Waals surface area contributed by atoms with Crippen molar-refractivity contribution in [1.82, 2.24) is 10.2 Å². The predicted molar refractivity (Wildman–Crippen MR) is 74.0 cm³/mol. The van der Waals surface area contributed by atoms with Crippen molar-refractivity contribution in [1.29, 1.82) is 0 Å². The topological polar surface area (TPSA) is 44.4 Å². The molecule has 0 radical (unpaired) electrons. The van der Waals surface area contributed by atoms with Gasteiger partial charge in [-0.3, -0.25) is 9.69 Å². The summed E-state index contributed by atoms with van der Waals surface area (Å²) < 4.78 is 0. The Labute approximate surface area is 112 Å². The first-order valence-corrected chi connectivity index (χ1v) is 6.51. The third-order valence-electron chi connectivity index (χ3n) is 3.30. The molecule has 0 bridgehead atoms. The molecule has 0 atom stereocenters. The van der Waals surface area contributed by atoms with E-state index in [1.54, 1.807) is 6.07 Å². The van der Waals surface area contributed by atoms with Gasteiger partial charge in [0.15, 0.2) is 0 Å². The Bertz CT molecular complexity index is 430. The summed E-state index contributed by atoms with van der Waals surface area (Å²) in [6.45, 7) is 7.03. The van der Waals surface area contributed by atoms with E-state index in [-0.39, 0.29) is 0 Å². The lowest BCUT2D eigenvalue weighted by Crippen LogP contribution is -2.43. The maximum Gasteiger partial charge on any atom is 0.211 e. The van der Waals surface area contributed by atoms with Crippen molar-refractivity contribution in [3.8, 4) is 0 Å². The molecule has 1 aromatic carbocycles. The summed E-state index contributed by atoms with van der Waals surface area (Å²) in [5.74, 6) is 0. The van der Waals surface area contributed by atoms with Crippen LogP contribution in [-0.2, 0) is 11.3 Å². The van der Waals surface area contributed by atoms with Gasteiger partial charge in [-0.2, -0.15) is 0 Å². The van der Waals surface area contributed by atoms with Gasteiger partial charge in [-0.15, -0.1) is 0 Å². The molecule has 0 aromatic heterocycles. The van der Waals surface area contributed by atoms with Gasteiger partial charge >= 0.3 is 0 Å². The minimum absolute atomic E-state index is 0.662. The number of hydrogen-bond donors (Lipinski definition) is 2. The lowest BCUT2D eigenvalue weighted by molar-refractivity contribution is -0.105. The van der Waals surface area contributed by atoms with Crippen molar-refractivity contribution >= 4 is 23.7 Å². The molecule has 1 amide bonds. The van der Waals surface area contributed by atoms with Crippen molar-refractivity contribution in [2.24, 2.45) is 0 Å². The van der Waals surface area contributed by atoms with Crippen molar-refractivity contribution < 1.29 is 4.79 Å². The van der Waals surface area contributed by atoms with E-state index < -0.39 is 0 Å². The Morgan fingerprint density at radius 2 is 2.17 bits per heavy atom. The smallest absolute Gasteiger partial charge is 0.211 e. The van der Waals surface area contributed by atoms with E-state index in [1.165, 1.54) is 5.56 Å². The maximum absolute atomic E-state index is 10.6. The molecule has 0 spiro atoms. The first-order valence-electron chi connectivity index (χ1n) is 6.13. The van der Waals surface area contributed by atoms with Crippen molar-refractivity contribution in [2.75, 3.05) is 31.5 Å². The zero-order valence-electron chi connectivity index (χ0n) is 10.5. The van der Waals surface area contributed by atoms with Crippen LogP contribution in [0.1, 0.15) is 11.1 Å². The van der Waals surface area contributed by atoms with Gasteiger partial charge in [-0.05, 0) is 30.2 Å². The van der Waals surface area contributed by atoms with Crippen LogP contribution in [-0.4, -0.2) is 37.5 Å². The molecule has 2 N–H and O–H groups in total. The van der Waals surface area contributed by atoms with Crippen LogP contribution in [0.4, 0.5) is 5.69 Å². The fourth-order valence-corrected chi connectivity index (χ4v) is 2.46. The fourth-order valence-electron chi connectivity index (χ4n) is 2.22. The molecular formula is C13H18ClN3O. The van der Waals surface area contributed by atoms with Crippen molar-refractivity contribution in [3.63, 3.8) is 0 Å². The molecule has 0 saturated carbocycles. The second-order valence-corrected chi connectivity index (χ2v) is 4.96. The van der Waals surface area contributed by atoms with E-state index in [0.717, 1.165) is 44.0 Å². The van der Waals surface area contributed by atoms with Gasteiger partial charge in [0.2, 0.25) is 6.41 Å². The quantitative estimate of drug-likeness (QED) is 0.815. The second-order valence-electron chi connectivity index (χ2n) is 4.53. The normalized spacial score (nSPS) is 16.6. The molecule has 1 fully saturated rings. The van der Waals surface area contributed by atoms with Crippen LogP contribution in [0.15, 0.2) is 12.1 Å². The van der Waals surface area contributed by atoms with E-state index in [4.69, 9.17) is 11.6 Å². The van der Waals surface area contributed by atoms with E-state index >= 15 is 0 Å². The molecule has 0 aliphatic carbocycles. The van der Waals surface area contributed by atoms with Gasteiger partial charge in [0, 0.05) is 43.4 Å². The number of anilines is 1. The number of halogens is 1. The van der Waals surface area contributed by atoms with Crippen LogP contribution in [0.25, 0.3) is 0 Å². The Hall–Kier alpha value is -1.10. The number of carbonyl (C=O) groups is 1. The number of piperazine rings is 1. The fraction of sp³-hybridized carbons (Fsp3) is 0.462. The van der Waals surface area contributed by atoms with E-state index in [1.807, 2.05) is 13.0 Å². The molecule has 1 aliphatic heterocycles. The number of hydrogen-bond acceptors (Lipinski definition) is 3. The van der Waals surface area contributed by atoms with Crippen molar-refractivity contribution in [3.05, 3.63) is 28.3 Å². The molecule has 18 heavy (non-hydrogen) atoms. The largest absolute Gasteiger partial charge is 0.328 e. The summed E-state index contributed by atoms with van der Waals surface area (Å²) in [5, 5.41) is 6.69. The highest BCUT2D eigenvalue weighted by molar-refractivity contribution is 6.31. The molecule has 0 unspecified atom stereocenters. The highest BCUT2D eigenvalue weighted by atomic mass is 35.5. The summed E-state index contributed by atoms with van der Waals surface area (Å²) in [7, 11) is 0. The van der Waals surface area contributed by atoms with Crippen LogP contribution in [0, 0.1) is 6.92 Å². The lowest BCUT2D eigenvalue weighted by atomic mass is 10.1. The molecule has 98 valence electrons. The number of amides is 1. The van der Waals surface area contributed by atoms with Gasteiger partial charge in [0.1, 0.15) is 0 Å². The predicted octanol–water partition coefficient (Wildman–Crippen LogP) is 1.62. The summed E-state index contributed by atoms with van der Waals surface area (Å²) in [5.41, 5.74) is 3.06. The van der Waals surface area contributed by atoms with Gasteiger partial charge in [0.05, 0.1) is 0 Å². The second kappa shape index (κ2) is 6.18. The Balaban J connectivity index is 2.17. The van der Waals surface area contributed by atoms with Gasteiger partial charge in [-0.1, -0.05) is 11.6 Å². The molecule has 1 aliphatic rings. The highest BCUT2D eigenvalue weighted by Crippen LogP contribution is 2.25. The zero-order chi connectivity index (χ0) is 13.0. The van der Waals surface area contributed by atoms with Gasteiger partial charge < -0.3 is 10.6 Å². The summed E-state index contributed by atoms with van der Waals surface area (Å²) >= 11 is 6.09. The first-order chi connectivity index (χ1) is 8.70.